The van der Waals surface area contributed by atoms with Crippen LogP contribution in [0.15, 0.2) is 24.3 Å². The molecule has 0 amide bonds. The van der Waals surface area contributed by atoms with Crippen molar-refractivity contribution in [2.75, 3.05) is 13.2 Å². The standard InChI is InChI=1S/C12H12O3/c13-10-4-1-7-8-2-3-9(11(7)10)12(8)14-5-6-15-12/h1-4,7-9,11H,5-6H2. The molecule has 1 aliphatic heterocycles. The van der Waals surface area contributed by atoms with Gasteiger partial charge in [-0.15, -0.1) is 0 Å². The van der Waals surface area contributed by atoms with Gasteiger partial charge in [-0.1, -0.05) is 18.2 Å². The third-order valence-corrected chi connectivity index (χ3v) is 4.22. The Morgan fingerprint density at radius 1 is 1.13 bits per heavy atom. The fourth-order valence-corrected chi connectivity index (χ4v) is 3.71. The molecule has 4 rings (SSSR count). The summed E-state index contributed by atoms with van der Waals surface area (Å²) in [4.78, 5) is 11.8. The molecule has 0 aromatic carbocycles. The molecular weight excluding hydrogens is 192 g/mol. The fourth-order valence-electron chi connectivity index (χ4n) is 3.71. The van der Waals surface area contributed by atoms with E-state index in [1.165, 1.54) is 0 Å². The van der Waals surface area contributed by atoms with Crippen molar-refractivity contribution in [1.29, 1.82) is 0 Å². The summed E-state index contributed by atoms with van der Waals surface area (Å²) in [6, 6.07) is 0. The number of rotatable bonds is 0. The van der Waals surface area contributed by atoms with Gasteiger partial charge in [0.1, 0.15) is 0 Å². The second-order valence-corrected chi connectivity index (χ2v) is 4.72. The number of ether oxygens (including phenoxy) is 2. The summed E-state index contributed by atoms with van der Waals surface area (Å²) in [6.07, 6.45) is 8.04. The van der Waals surface area contributed by atoms with E-state index in [0.29, 0.717) is 19.1 Å². The SMILES string of the molecule is O=C1C=CC2C1C1C=CC2C12OCCO2. The molecule has 4 unspecified atom stereocenters. The van der Waals surface area contributed by atoms with Gasteiger partial charge in [-0.05, 0) is 12.0 Å². The molecule has 1 heterocycles. The molecule has 0 aromatic heterocycles. The monoisotopic (exact) mass is 204 g/mol. The van der Waals surface area contributed by atoms with E-state index in [-0.39, 0.29) is 23.5 Å². The van der Waals surface area contributed by atoms with Crippen LogP contribution in [0.2, 0.25) is 0 Å². The molecule has 4 aliphatic rings. The highest BCUT2D eigenvalue weighted by atomic mass is 16.7. The molecule has 1 spiro atoms. The number of hydrogen-bond acceptors (Lipinski definition) is 3. The van der Waals surface area contributed by atoms with Crippen molar-refractivity contribution in [2.24, 2.45) is 23.7 Å². The van der Waals surface area contributed by atoms with Crippen LogP contribution in [0.5, 0.6) is 0 Å². The number of fused-ring (bicyclic) bond motifs is 3. The van der Waals surface area contributed by atoms with Crippen molar-refractivity contribution in [3.8, 4) is 0 Å². The Morgan fingerprint density at radius 3 is 2.60 bits per heavy atom. The fraction of sp³-hybridized carbons (Fsp3) is 0.583. The summed E-state index contributed by atoms with van der Waals surface area (Å²) in [5.41, 5.74) is 0. The van der Waals surface area contributed by atoms with Crippen molar-refractivity contribution < 1.29 is 14.3 Å². The van der Waals surface area contributed by atoms with Gasteiger partial charge in [0.05, 0.1) is 13.2 Å². The number of carbonyl (C=O) groups excluding carboxylic acids is 1. The number of hydrogen-bond donors (Lipinski definition) is 0. The van der Waals surface area contributed by atoms with Gasteiger partial charge in [0.25, 0.3) is 0 Å². The summed E-state index contributed by atoms with van der Waals surface area (Å²) >= 11 is 0. The van der Waals surface area contributed by atoms with E-state index >= 15 is 0 Å². The zero-order valence-electron chi connectivity index (χ0n) is 8.26. The lowest BCUT2D eigenvalue weighted by Crippen LogP contribution is -2.38. The van der Waals surface area contributed by atoms with Crippen molar-refractivity contribution in [3.63, 3.8) is 0 Å². The lowest BCUT2D eigenvalue weighted by Gasteiger charge is -2.28. The Morgan fingerprint density at radius 2 is 1.87 bits per heavy atom. The van der Waals surface area contributed by atoms with E-state index in [9.17, 15) is 4.79 Å². The second-order valence-electron chi connectivity index (χ2n) is 4.72. The maximum atomic E-state index is 11.8. The minimum atomic E-state index is -0.490. The van der Waals surface area contributed by atoms with E-state index in [4.69, 9.17) is 9.47 Å². The van der Waals surface area contributed by atoms with Crippen LogP contribution in [0.4, 0.5) is 0 Å². The van der Waals surface area contributed by atoms with E-state index in [0.717, 1.165) is 0 Å². The maximum Gasteiger partial charge on any atom is 0.182 e. The molecular formula is C12H12O3. The number of allylic oxidation sites excluding steroid dienone is 2. The molecule has 0 N–H and O–H groups in total. The van der Waals surface area contributed by atoms with E-state index < -0.39 is 5.79 Å². The van der Waals surface area contributed by atoms with E-state index in [2.05, 4.69) is 12.2 Å². The smallest absolute Gasteiger partial charge is 0.182 e. The summed E-state index contributed by atoms with van der Waals surface area (Å²) < 4.78 is 11.6. The minimum absolute atomic E-state index is 0.0816. The highest BCUT2D eigenvalue weighted by Gasteiger charge is 2.66. The van der Waals surface area contributed by atoms with Crippen LogP contribution in [0.25, 0.3) is 0 Å². The molecule has 0 aromatic rings. The first-order chi connectivity index (χ1) is 7.33. The Bertz CT molecular complexity index is 390. The summed E-state index contributed by atoms with van der Waals surface area (Å²) in [7, 11) is 0. The van der Waals surface area contributed by atoms with E-state index in [1.807, 2.05) is 6.08 Å². The topological polar surface area (TPSA) is 35.5 Å². The average molecular weight is 204 g/mol. The third kappa shape index (κ3) is 0.755. The largest absolute Gasteiger partial charge is 0.346 e. The molecule has 2 fully saturated rings. The van der Waals surface area contributed by atoms with Crippen LogP contribution in [0, 0.1) is 23.7 Å². The lowest BCUT2D eigenvalue weighted by molar-refractivity contribution is -0.188. The Labute approximate surface area is 87.7 Å². The first-order valence-corrected chi connectivity index (χ1v) is 5.51. The van der Waals surface area contributed by atoms with Gasteiger partial charge >= 0.3 is 0 Å². The molecule has 0 radical (unpaired) electrons. The number of carbonyl (C=O) groups is 1. The molecule has 3 aliphatic carbocycles. The van der Waals surface area contributed by atoms with E-state index in [1.54, 1.807) is 6.08 Å². The lowest BCUT2D eigenvalue weighted by atomic mass is 9.85. The zero-order chi connectivity index (χ0) is 10.0. The molecule has 3 nitrogen and oxygen atoms in total. The van der Waals surface area contributed by atoms with Gasteiger partial charge < -0.3 is 9.47 Å². The molecule has 78 valence electrons. The molecule has 2 bridgehead atoms. The van der Waals surface area contributed by atoms with Gasteiger partial charge in [0.2, 0.25) is 0 Å². The van der Waals surface area contributed by atoms with Crippen LogP contribution in [0.3, 0.4) is 0 Å². The minimum Gasteiger partial charge on any atom is -0.346 e. The molecule has 15 heavy (non-hydrogen) atoms. The molecule has 1 saturated heterocycles. The predicted molar refractivity (Wildman–Crippen MR) is 51.9 cm³/mol. The van der Waals surface area contributed by atoms with Gasteiger partial charge in [-0.2, -0.15) is 0 Å². The van der Waals surface area contributed by atoms with Crippen molar-refractivity contribution in [3.05, 3.63) is 24.3 Å². The normalized spacial score (nSPS) is 48.4. The number of ketones is 1. The molecule has 3 heteroatoms. The van der Waals surface area contributed by atoms with Crippen molar-refractivity contribution in [1.82, 2.24) is 0 Å². The Kier molecular flexibility index (Phi) is 1.33. The highest BCUT2D eigenvalue weighted by molar-refractivity contribution is 5.96. The van der Waals surface area contributed by atoms with Crippen LogP contribution >= 0.6 is 0 Å². The first kappa shape index (κ1) is 8.25. The maximum absolute atomic E-state index is 11.8. The van der Waals surface area contributed by atoms with Crippen molar-refractivity contribution >= 4 is 5.78 Å². The van der Waals surface area contributed by atoms with Gasteiger partial charge in [-0.3, -0.25) is 4.79 Å². The molecule has 4 atom stereocenters. The van der Waals surface area contributed by atoms with Crippen molar-refractivity contribution in [2.45, 2.75) is 5.79 Å². The van der Waals surface area contributed by atoms with Crippen LogP contribution in [0.1, 0.15) is 0 Å². The van der Waals surface area contributed by atoms with Gasteiger partial charge in [-0.25, -0.2) is 0 Å². The summed E-state index contributed by atoms with van der Waals surface area (Å²) in [5.74, 6) is 0.532. The quantitative estimate of drug-likeness (QED) is 0.550. The zero-order valence-corrected chi connectivity index (χ0v) is 8.26. The van der Waals surface area contributed by atoms with Crippen LogP contribution in [-0.4, -0.2) is 24.8 Å². The summed E-state index contributed by atoms with van der Waals surface area (Å²) in [5, 5.41) is 0. The van der Waals surface area contributed by atoms with Crippen LogP contribution < -0.4 is 0 Å². The average Bonchev–Trinajstić information content (AvgIpc) is 2.96. The van der Waals surface area contributed by atoms with Gasteiger partial charge in [0, 0.05) is 17.8 Å². The third-order valence-electron chi connectivity index (χ3n) is 4.22. The Hall–Kier alpha value is -0.930. The second kappa shape index (κ2) is 2.42. The van der Waals surface area contributed by atoms with Crippen LogP contribution in [-0.2, 0) is 14.3 Å². The Balaban J connectivity index is 1.83. The molecule has 1 saturated carbocycles. The summed E-state index contributed by atoms with van der Waals surface area (Å²) in [6.45, 7) is 1.32. The van der Waals surface area contributed by atoms with Gasteiger partial charge in [0.15, 0.2) is 11.6 Å². The first-order valence-electron chi connectivity index (χ1n) is 5.51. The predicted octanol–water partition coefficient (Wildman–Crippen LogP) is 0.917. The highest BCUT2D eigenvalue weighted by Crippen LogP contribution is 2.60.